The number of aromatic nitrogens is 2. The molecule has 0 saturated carbocycles. The standard InChI is InChI=1S/C23H25N5O4S2/c1-4-8-27-21(30)17(34-23(27)33)13-16-19(24-18-7-6-15(3)14-28(18)20(16)29)25-9-11-26(12-10-25)22(31)32-5-2/h4,6-7,13-14H,1,5,8-12H2,2-3H3. The number of rotatable bonds is 5. The van der Waals surface area contributed by atoms with Gasteiger partial charge in [0.1, 0.15) is 15.8 Å². The molecule has 2 aliphatic rings. The molecule has 0 unspecified atom stereocenters. The Balaban J connectivity index is 1.76. The Morgan fingerprint density at radius 2 is 2.00 bits per heavy atom. The van der Waals surface area contributed by atoms with Gasteiger partial charge in [-0.1, -0.05) is 36.1 Å². The Kier molecular flexibility index (Phi) is 7.03. The summed E-state index contributed by atoms with van der Waals surface area (Å²) in [5.74, 6) is 0.216. The quantitative estimate of drug-likeness (QED) is 0.353. The zero-order valence-corrected chi connectivity index (χ0v) is 20.7. The van der Waals surface area contributed by atoms with Gasteiger partial charge in [0.2, 0.25) is 0 Å². The minimum atomic E-state index is -0.352. The zero-order valence-electron chi connectivity index (χ0n) is 19.0. The van der Waals surface area contributed by atoms with E-state index in [-0.39, 0.29) is 17.6 Å². The number of thiocarbonyl (C=S) groups is 1. The molecule has 2 aliphatic heterocycles. The van der Waals surface area contributed by atoms with Gasteiger partial charge in [0, 0.05) is 38.9 Å². The molecule has 178 valence electrons. The number of carbonyl (C=O) groups excluding carboxylic acids is 2. The van der Waals surface area contributed by atoms with Crippen LogP contribution in [0, 0.1) is 6.92 Å². The second-order valence-electron chi connectivity index (χ2n) is 7.84. The fourth-order valence-corrected chi connectivity index (χ4v) is 5.10. The molecule has 0 atom stereocenters. The highest BCUT2D eigenvalue weighted by molar-refractivity contribution is 8.26. The van der Waals surface area contributed by atoms with Crippen molar-refractivity contribution in [1.82, 2.24) is 19.2 Å². The highest BCUT2D eigenvalue weighted by Crippen LogP contribution is 2.33. The lowest BCUT2D eigenvalue weighted by Gasteiger charge is -2.35. The molecule has 2 aromatic rings. The second kappa shape index (κ2) is 9.98. The van der Waals surface area contributed by atoms with Crippen LogP contribution in [0.25, 0.3) is 11.7 Å². The van der Waals surface area contributed by atoms with E-state index in [4.69, 9.17) is 21.9 Å². The molecule has 0 bridgehead atoms. The van der Waals surface area contributed by atoms with Crippen LogP contribution >= 0.6 is 24.0 Å². The van der Waals surface area contributed by atoms with Crippen LogP contribution in [-0.4, -0.2) is 74.8 Å². The van der Waals surface area contributed by atoms with Gasteiger partial charge in [-0.3, -0.25) is 18.9 Å². The minimum absolute atomic E-state index is 0.262. The van der Waals surface area contributed by atoms with Crippen LogP contribution in [-0.2, 0) is 9.53 Å². The van der Waals surface area contributed by atoms with Gasteiger partial charge in [-0.05, 0) is 31.6 Å². The Morgan fingerprint density at radius 3 is 2.68 bits per heavy atom. The largest absolute Gasteiger partial charge is 0.450 e. The zero-order chi connectivity index (χ0) is 24.4. The summed E-state index contributed by atoms with van der Waals surface area (Å²) in [7, 11) is 0. The number of hydrogen-bond donors (Lipinski definition) is 0. The van der Waals surface area contributed by atoms with Crippen LogP contribution in [0.1, 0.15) is 18.1 Å². The number of anilines is 1. The summed E-state index contributed by atoms with van der Waals surface area (Å²) < 4.78 is 7.01. The van der Waals surface area contributed by atoms with E-state index in [0.717, 1.165) is 17.3 Å². The molecule has 11 heteroatoms. The molecule has 2 amide bonds. The molecule has 2 aromatic heterocycles. The lowest BCUT2D eigenvalue weighted by molar-refractivity contribution is -0.121. The van der Waals surface area contributed by atoms with Crippen LogP contribution in [0.2, 0.25) is 0 Å². The molecule has 0 radical (unpaired) electrons. The highest BCUT2D eigenvalue weighted by Gasteiger charge is 2.32. The smallest absolute Gasteiger partial charge is 0.409 e. The third-order valence-corrected chi connectivity index (χ3v) is 6.93. The summed E-state index contributed by atoms with van der Waals surface area (Å²) in [6.07, 6.45) is 4.57. The third kappa shape index (κ3) is 4.58. The maximum absolute atomic E-state index is 13.6. The van der Waals surface area contributed by atoms with Gasteiger partial charge in [-0.2, -0.15) is 0 Å². The number of hydrogen-bond acceptors (Lipinski definition) is 8. The van der Waals surface area contributed by atoms with Crippen molar-refractivity contribution in [3.63, 3.8) is 0 Å². The molecule has 2 saturated heterocycles. The SMILES string of the molecule is C=CCN1C(=O)C(=Cc2c(N3CCN(C(=O)OCC)CC3)nc3ccc(C)cn3c2=O)SC1=S. The van der Waals surface area contributed by atoms with Crippen LogP contribution < -0.4 is 10.5 Å². The molecule has 2 fully saturated rings. The number of ether oxygens (including phenoxy) is 1. The maximum atomic E-state index is 13.6. The molecular formula is C23H25N5O4S2. The van der Waals surface area contributed by atoms with Crippen molar-refractivity contribution in [2.24, 2.45) is 0 Å². The van der Waals surface area contributed by atoms with Crippen molar-refractivity contribution < 1.29 is 14.3 Å². The second-order valence-corrected chi connectivity index (χ2v) is 9.52. The number of amides is 2. The number of piperazine rings is 1. The van der Waals surface area contributed by atoms with E-state index >= 15 is 0 Å². The highest BCUT2D eigenvalue weighted by atomic mass is 32.2. The molecule has 34 heavy (non-hydrogen) atoms. The van der Waals surface area contributed by atoms with Crippen LogP contribution in [0.15, 0.2) is 40.7 Å². The van der Waals surface area contributed by atoms with E-state index in [1.54, 1.807) is 36.2 Å². The third-order valence-electron chi connectivity index (χ3n) is 5.55. The average molecular weight is 500 g/mol. The van der Waals surface area contributed by atoms with Crippen LogP contribution in [0.3, 0.4) is 0 Å². The summed E-state index contributed by atoms with van der Waals surface area (Å²) >= 11 is 6.50. The summed E-state index contributed by atoms with van der Waals surface area (Å²) in [6, 6.07) is 3.69. The summed E-state index contributed by atoms with van der Waals surface area (Å²) in [5.41, 5.74) is 1.46. The van der Waals surface area contributed by atoms with Crippen LogP contribution in [0.4, 0.5) is 10.6 Å². The van der Waals surface area contributed by atoms with Crippen molar-refractivity contribution in [3.8, 4) is 0 Å². The van der Waals surface area contributed by atoms with E-state index in [0.29, 0.717) is 65.6 Å². The molecular weight excluding hydrogens is 474 g/mol. The van der Waals surface area contributed by atoms with Gasteiger partial charge in [0.05, 0.1) is 17.1 Å². The van der Waals surface area contributed by atoms with Crippen LogP contribution in [0.5, 0.6) is 0 Å². The Morgan fingerprint density at radius 1 is 1.26 bits per heavy atom. The van der Waals surface area contributed by atoms with Crippen molar-refractivity contribution in [2.75, 3.05) is 44.2 Å². The van der Waals surface area contributed by atoms with E-state index in [2.05, 4.69) is 6.58 Å². The van der Waals surface area contributed by atoms with Gasteiger partial charge in [0.25, 0.3) is 11.5 Å². The fourth-order valence-electron chi connectivity index (χ4n) is 3.85. The first-order valence-corrected chi connectivity index (χ1v) is 12.1. The van der Waals surface area contributed by atoms with Crippen molar-refractivity contribution >= 4 is 57.8 Å². The number of nitrogens with zero attached hydrogens (tertiary/aromatic N) is 5. The minimum Gasteiger partial charge on any atom is -0.450 e. The normalized spacial score (nSPS) is 17.7. The summed E-state index contributed by atoms with van der Waals surface area (Å²) in [4.78, 5) is 48.8. The van der Waals surface area contributed by atoms with Gasteiger partial charge in [-0.25, -0.2) is 9.78 Å². The fraction of sp³-hybridized carbons (Fsp3) is 0.348. The Hall–Kier alpha value is -3.18. The van der Waals surface area contributed by atoms with Gasteiger partial charge < -0.3 is 14.5 Å². The average Bonchev–Trinajstić information content (AvgIpc) is 3.09. The Bertz CT molecular complexity index is 1260. The van der Waals surface area contributed by atoms with Crippen molar-refractivity contribution in [3.05, 3.63) is 57.4 Å². The first-order valence-electron chi connectivity index (χ1n) is 10.9. The van der Waals surface area contributed by atoms with Gasteiger partial charge in [0.15, 0.2) is 0 Å². The first-order chi connectivity index (χ1) is 16.3. The number of pyridine rings is 1. The summed E-state index contributed by atoms with van der Waals surface area (Å²) in [6.45, 7) is 9.80. The van der Waals surface area contributed by atoms with E-state index in [9.17, 15) is 14.4 Å². The Labute approximate surface area is 206 Å². The monoisotopic (exact) mass is 499 g/mol. The predicted molar refractivity (Wildman–Crippen MR) is 137 cm³/mol. The molecule has 0 aliphatic carbocycles. The number of fused-ring (bicyclic) bond motifs is 1. The van der Waals surface area contributed by atoms with Gasteiger partial charge in [-0.15, -0.1) is 6.58 Å². The predicted octanol–water partition coefficient (Wildman–Crippen LogP) is 2.67. The lowest BCUT2D eigenvalue weighted by atomic mass is 10.2. The van der Waals surface area contributed by atoms with Crippen molar-refractivity contribution in [1.29, 1.82) is 0 Å². The molecule has 4 heterocycles. The lowest BCUT2D eigenvalue weighted by Crippen LogP contribution is -2.49. The topological polar surface area (TPSA) is 87.5 Å². The van der Waals surface area contributed by atoms with E-state index in [1.165, 1.54) is 9.30 Å². The van der Waals surface area contributed by atoms with Crippen molar-refractivity contribution in [2.45, 2.75) is 13.8 Å². The molecule has 9 nitrogen and oxygen atoms in total. The van der Waals surface area contributed by atoms with Gasteiger partial charge >= 0.3 is 6.09 Å². The molecule has 4 rings (SSSR count). The number of carbonyl (C=O) groups is 2. The maximum Gasteiger partial charge on any atom is 0.409 e. The number of thioether (sulfide) groups is 1. The first kappa shape index (κ1) is 24.0. The number of aryl methyl sites for hydroxylation is 1. The molecule has 0 aromatic carbocycles. The van der Waals surface area contributed by atoms with E-state index < -0.39 is 0 Å². The summed E-state index contributed by atoms with van der Waals surface area (Å²) in [5, 5.41) is 0. The molecule has 0 spiro atoms. The van der Waals surface area contributed by atoms with E-state index in [1.807, 2.05) is 17.9 Å². The molecule has 0 N–H and O–H groups in total.